The number of alkyl halides is 1. The van der Waals surface area contributed by atoms with Crippen molar-refractivity contribution >= 4 is 22.8 Å². The van der Waals surface area contributed by atoms with Crippen LogP contribution in [0, 0.1) is 6.92 Å². The molecule has 0 atom stereocenters. The summed E-state index contributed by atoms with van der Waals surface area (Å²) in [6, 6.07) is 1.74. The molecule has 4 heterocycles. The summed E-state index contributed by atoms with van der Waals surface area (Å²) in [6.07, 6.45) is 5.68. The number of furan rings is 1. The molecule has 0 aromatic carbocycles. The smallest absolute Gasteiger partial charge is 0.258 e. The molecule has 1 amide bonds. The number of nitrogens with one attached hydrogen (secondary N) is 1. The van der Waals surface area contributed by atoms with Crippen LogP contribution in [0.5, 0.6) is 5.75 Å². The van der Waals surface area contributed by atoms with E-state index in [-0.39, 0.29) is 11.4 Å². The molecule has 0 saturated heterocycles. The van der Waals surface area contributed by atoms with Crippen LogP contribution < -0.4 is 10.1 Å². The molecule has 1 aliphatic carbocycles. The summed E-state index contributed by atoms with van der Waals surface area (Å²) in [5, 5.41) is 4.06. The Morgan fingerprint density at radius 2 is 2.20 bits per heavy atom. The molecule has 2 aliphatic rings. The molecule has 1 N–H and O–H groups in total. The highest BCUT2D eigenvalue weighted by Crippen LogP contribution is 2.40. The summed E-state index contributed by atoms with van der Waals surface area (Å²) < 4.78 is 23.2. The molecule has 9 heteroatoms. The summed E-state index contributed by atoms with van der Waals surface area (Å²) in [5.41, 5.74) is 2.62. The molecule has 0 bridgehead atoms. The maximum atomic E-state index is 13.5. The topological polar surface area (TPSA) is 93.4 Å². The summed E-state index contributed by atoms with van der Waals surface area (Å²) in [4.78, 5) is 28.2. The Morgan fingerprint density at radius 3 is 2.97 bits per heavy atom. The maximum Gasteiger partial charge on any atom is 0.258 e. The van der Waals surface area contributed by atoms with E-state index in [9.17, 15) is 9.18 Å². The predicted octanol–water partition coefficient (Wildman–Crippen LogP) is 3.39. The van der Waals surface area contributed by atoms with Crippen molar-refractivity contribution in [2.24, 2.45) is 0 Å². The maximum absolute atomic E-state index is 13.5. The van der Waals surface area contributed by atoms with Gasteiger partial charge < -0.3 is 19.4 Å². The average molecular weight is 411 g/mol. The number of pyridine rings is 1. The minimum atomic E-state index is -0.919. The van der Waals surface area contributed by atoms with E-state index < -0.39 is 6.86 Å². The number of carbonyl (C=O) groups is 1. The van der Waals surface area contributed by atoms with Crippen LogP contribution in [0.25, 0.3) is 11.1 Å². The van der Waals surface area contributed by atoms with Crippen molar-refractivity contribution in [3.63, 3.8) is 0 Å². The summed E-state index contributed by atoms with van der Waals surface area (Å²) in [6.45, 7) is 3.87. The molecule has 156 valence electrons. The largest absolute Gasteiger partial charge is 0.461 e. The van der Waals surface area contributed by atoms with Gasteiger partial charge in [-0.25, -0.2) is 14.4 Å². The standard InChI is InChI=1S/C21H22FN5O3/c1-12-16(17-18(26-21(2)4-5-21)24-11-25-19(17)30-12)20(28)27-6-3-15-13(9-27)7-14(8-23-15)29-10-22/h7-8,11H,3-6,9-10H2,1-2H3,(H,24,25,26). The zero-order valence-electron chi connectivity index (χ0n) is 16.9. The van der Waals surface area contributed by atoms with Gasteiger partial charge in [-0.3, -0.25) is 9.78 Å². The van der Waals surface area contributed by atoms with Gasteiger partial charge in [-0.2, -0.15) is 0 Å². The lowest BCUT2D eigenvalue weighted by Gasteiger charge is -2.28. The second-order valence-electron chi connectivity index (χ2n) is 8.13. The van der Waals surface area contributed by atoms with Crippen LogP contribution in [0.15, 0.2) is 23.0 Å². The Balaban J connectivity index is 1.49. The van der Waals surface area contributed by atoms with Crippen molar-refractivity contribution in [3.8, 4) is 5.75 Å². The van der Waals surface area contributed by atoms with E-state index in [1.165, 1.54) is 12.5 Å². The quantitative estimate of drug-likeness (QED) is 0.688. The SMILES string of the molecule is Cc1oc2ncnc(NC3(C)CC3)c2c1C(=O)N1CCc2ncc(OCF)cc2C1. The van der Waals surface area contributed by atoms with E-state index in [0.29, 0.717) is 53.5 Å². The van der Waals surface area contributed by atoms with Crippen LogP contribution >= 0.6 is 0 Å². The first kappa shape index (κ1) is 18.8. The van der Waals surface area contributed by atoms with Crippen molar-refractivity contribution in [1.82, 2.24) is 19.9 Å². The van der Waals surface area contributed by atoms with E-state index >= 15 is 0 Å². The molecule has 30 heavy (non-hydrogen) atoms. The highest BCUT2D eigenvalue weighted by Gasteiger charge is 2.39. The molecule has 1 saturated carbocycles. The molecular formula is C21H22FN5O3. The van der Waals surface area contributed by atoms with Gasteiger partial charge in [0.25, 0.3) is 5.91 Å². The lowest BCUT2D eigenvalue weighted by molar-refractivity contribution is 0.0732. The first-order valence-corrected chi connectivity index (χ1v) is 9.95. The minimum absolute atomic E-state index is 0.00463. The van der Waals surface area contributed by atoms with Gasteiger partial charge in [-0.1, -0.05) is 0 Å². The van der Waals surface area contributed by atoms with Gasteiger partial charge in [0.1, 0.15) is 23.7 Å². The van der Waals surface area contributed by atoms with Crippen molar-refractivity contribution < 1.29 is 18.3 Å². The van der Waals surface area contributed by atoms with Crippen LogP contribution in [-0.4, -0.2) is 44.7 Å². The zero-order valence-corrected chi connectivity index (χ0v) is 16.9. The number of nitrogens with zero attached hydrogens (tertiary/aromatic N) is 4. The van der Waals surface area contributed by atoms with Crippen LogP contribution in [0.4, 0.5) is 10.2 Å². The Labute approximate surface area is 172 Å². The molecule has 8 nitrogen and oxygen atoms in total. The Bertz CT molecular complexity index is 1140. The molecule has 3 aromatic rings. The summed E-state index contributed by atoms with van der Waals surface area (Å²) >= 11 is 0. The first-order valence-electron chi connectivity index (χ1n) is 9.95. The van der Waals surface area contributed by atoms with E-state index in [1.807, 2.05) is 0 Å². The lowest BCUT2D eigenvalue weighted by Crippen LogP contribution is -2.36. The molecule has 5 rings (SSSR count). The molecule has 0 unspecified atom stereocenters. The number of carbonyl (C=O) groups excluding carboxylic acids is 1. The van der Waals surface area contributed by atoms with E-state index in [4.69, 9.17) is 9.15 Å². The molecule has 0 radical (unpaired) electrons. The fourth-order valence-corrected chi connectivity index (χ4v) is 3.87. The van der Waals surface area contributed by atoms with Gasteiger partial charge in [-0.15, -0.1) is 0 Å². The summed E-state index contributed by atoms with van der Waals surface area (Å²) in [7, 11) is 0. The third-order valence-electron chi connectivity index (χ3n) is 5.82. The highest BCUT2D eigenvalue weighted by atomic mass is 19.1. The van der Waals surface area contributed by atoms with E-state index in [0.717, 1.165) is 24.1 Å². The second-order valence-corrected chi connectivity index (χ2v) is 8.13. The van der Waals surface area contributed by atoms with Gasteiger partial charge >= 0.3 is 0 Å². The van der Waals surface area contributed by atoms with Gasteiger partial charge in [-0.05, 0) is 38.3 Å². The Morgan fingerprint density at radius 1 is 1.37 bits per heavy atom. The molecular weight excluding hydrogens is 389 g/mol. The van der Waals surface area contributed by atoms with E-state index in [2.05, 4.69) is 27.2 Å². The molecule has 1 aliphatic heterocycles. The zero-order chi connectivity index (χ0) is 20.9. The van der Waals surface area contributed by atoms with Gasteiger partial charge in [0.2, 0.25) is 12.6 Å². The monoisotopic (exact) mass is 411 g/mol. The van der Waals surface area contributed by atoms with Crippen LogP contribution in [0.1, 0.15) is 47.1 Å². The van der Waals surface area contributed by atoms with Crippen molar-refractivity contribution in [1.29, 1.82) is 0 Å². The third kappa shape index (κ3) is 3.24. The highest BCUT2D eigenvalue weighted by molar-refractivity contribution is 6.10. The van der Waals surface area contributed by atoms with Gasteiger partial charge in [0.15, 0.2) is 0 Å². The fourth-order valence-electron chi connectivity index (χ4n) is 3.87. The van der Waals surface area contributed by atoms with Crippen molar-refractivity contribution in [3.05, 3.63) is 41.2 Å². The van der Waals surface area contributed by atoms with E-state index in [1.54, 1.807) is 17.9 Å². The van der Waals surface area contributed by atoms with Crippen LogP contribution in [-0.2, 0) is 13.0 Å². The first-order chi connectivity index (χ1) is 14.5. The number of amides is 1. The van der Waals surface area contributed by atoms with Crippen LogP contribution in [0.2, 0.25) is 0 Å². The average Bonchev–Trinajstić information content (AvgIpc) is 3.35. The Hall–Kier alpha value is -3.23. The van der Waals surface area contributed by atoms with Gasteiger partial charge in [0.05, 0.1) is 17.1 Å². The lowest BCUT2D eigenvalue weighted by atomic mass is 10.0. The number of aromatic nitrogens is 3. The number of rotatable bonds is 5. The van der Waals surface area contributed by atoms with Crippen molar-refractivity contribution in [2.75, 3.05) is 18.7 Å². The molecule has 1 fully saturated rings. The van der Waals surface area contributed by atoms with Crippen LogP contribution in [0.3, 0.4) is 0 Å². The van der Waals surface area contributed by atoms with Gasteiger partial charge in [0, 0.05) is 30.7 Å². The van der Waals surface area contributed by atoms with Crippen molar-refractivity contribution in [2.45, 2.75) is 45.2 Å². The number of aryl methyl sites for hydroxylation is 1. The number of halogens is 1. The third-order valence-corrected chi connectivity index (χ3v) is 5.82. The Kier molecular flexibility index (Phi) is 4.34. The number of fused-ring (bicyclic) bond motifs is 2. The number of ether oxygens (including phenoxy) is 1. The number of anilines is 1. The normalized spacial score (nSPS) is 17.0. The summed E-state index contributed by atoms with van der Waals surface area (Å²) in [5.74, 6) is 1.34. The predicted molar refractivity (Wildman–Crippen MR) is 107 cm³/mol. The minimum Gasteiger partial charge on any atom is -0.461 e. The fraction of sp³-hybridized carbons (Fsp3) is 0.429. The molecule has 3 aromatic heterocycles. The molecule has 0 spiro atoms. The second kappa shape index (κ2) is 6.93. The number of hydrogen-bond acceptors (Lipinski definition) is 7. The number of hydrogen-bond donors (Lipinski definition) is 1.